The summed E-state index contributed by atoms with van der Waals surface area (Å²) in [6.45, 7) is 0.883. The van der Waals surface area contributed by atoms with E-state index in [1.54, 1.807) is 22.0 Å². The van der Waals surface area contributed by atoms with Crippen LogP contribution >= 0.6 is 0 Å². The summed E-state index contributed by atoms with van der Waals surface area (Å²) >= 11 is 0. The molecule has 0 spiro atoms. The molecule has 2 saturated heterocycles. The Labute approximate surface area is 250 Å². The molecule has 4 amide bonds. The summed E-state index contributed by atoms with van der Waals surface area (Å²) in [4.78, 5) is 44.4. The summed E-state index contributed by atoms with van der Waals surface area (Å²) in [5.74, 6) is 1.71. The fraction of sp³-hybridized carbons (Fsp3) is 0.303. The van der Waals surface area contributed by atoms with Crippen molar-refractivity contribution in [2.24, 2.45) is 0 Å². The van der Waals surface area contributed by atoms with Gasteiger partial charge in [-0.15, -0.1) is 6.42 Å². The van der Waals surface area contributed by atoms with E-state index in [4.69, 9.17) is 11.2 Å². The van der Waals surface area contributed by atoms with Gasteiger partial charge in [-0.3, -0.25) is 9.59 Å². The van der Waals surface area contributed by atoms with Crippen molar-refractivity contribution in [3.63, 3.8) is 0 Å². The first kappa shape index (κ1) is 29.8. The second-order valence-corrected chi connectivity index (χ2v) is 10.5. The summed E-state index contributed by atoms with van der Waals surface area (Å²) in [6, 6.07) is 23.9. The topological polar surface area (TPSA) is 85.4 Å². The quantitative estimate of drug-likeness (QED) is 0.293. The van der Waals surface area contributed by atoms with Gasteiger partial charge in [0.05, 0.1) is 32.8 Å². The molecule has 2 fully saturated rings. The molecule has 1 N–H and O–H groups in total. The van der Waals surface area contributed by atoms with Crippen molar-refractivity contribution >= 4 is 17.8 Å². The van der Waals surface area contributed by atoms with Crippen molar-refractivity contribution in [1.29, 1.82) is 0 Å². The molecule has 43 heavy (non-hydrogen) atoms. The molecular formula is C33H34FN5O4. The molecule has 5 rings (SSSR count). The number of halogens is 1. The molecule has 0 saturated carbocycles. The summed E-state index contributed by atoms with van der Waals surface area (Å²) < 4.78 is 19.4. The number of terminal acetylenes is 1. The van der Waals surface area contributed by atoms with Gasteiger partial charge in [0.25, 0.3) is 0 Å². The Morgan fingerprint density at radius 1 is 0.977 bits per heavy atom. The molecule has 0 aromatic heterocycles. The number of hydrazine groups is 1. The van der Waals surface area contributed by atoms with Crippen molar-refractivity contribution in [2.45, 2.75) is 31.8 Å². The van der Waals surface area contributed by atoms with Crippen molar-refractivity contribution in [3.8, 4) is 12.3 Å². The van der Waals surface area contributed by atoms with Crippen LogP contribution in [0.5, 0.6) is 0 Å². The number of carbonyl (C=O) groups is 3. The zero-order valence-corrected chi connectivity index (χ0v) is 23.8. The van der Waals surface area contributed by atoms with Crippen LogP contribution < -0.4 is 5.32 Å². The number of nitrogens with one attached hydrogen (secondary N) is 1. The van der Waals surface area contributed by atoms with Crippen LogP contribution in [-0.2, 0) is 33.9 Å². The second-order valence-electron chi connectivity index (χ2n) is 10.5. The lowest BCUT2D eigenvalue weighted by atomic mass is 9.99. The Morgan fingerprint density at radius 2 is 1.67 bits per heavy atom. The lowest BCUT2D eigenvalue weighted by Gasteiger charge is -2.54. The van der Waals surface area contributed by atoms with Crippen LogP contribution in [0, 0.1) is 18.2 Å². The highest BCUT2D eigenvalue weighted by molar-refractivity contribution is 5.91. The van der Waals surface area contributed by atoms with E-state index in [-0.39, 0.29) is 70.0 Å². The summed E-state index contributed by atoms with van der Waals surface area (Å²) in [6.07, 6.45) is 5.15. The third-order valence-corrected chi connectivity index (χ3v) is 7.53. The number of hydrogen-bond acceptors (Lipinski definition) is 5. The smallest absolute Gasteiger partial charge is 0.334 e. The maximum atomic E-state index is 13.9. The van der Waals surface area contributed by atoms with Crippen LogP contribution in [0.4, 0.5) is 9.18 Å². The normalized spacial score (nSPS) is 18.7. The van der Waals surface area contributed by atoms with Gasteiger partial charge in [-0.2, -0.15) is 5.01 Å². The molecule has 222 valence electrons. The molecule has 0 radical (unpaired) electrons. The van der Waals surface area contributed by atoms with E-state index in [0.717, 1.165) is 11.1 Å². The van der Waals surface area contributed by atoms with Crippen molar-refractivity contribution in [2.75, 3.05) is 32.8 Å². The minimum Gasteiger partial charge on any atom is -0.375 e. The maximum absolute atomic E-state index is 13.9. The van der Waals surface area contributed by atoms with Crippen molar-refractivity contribution < 1.29 is 23.5 Å². The monoisotopic (exact) mass is 583 g/mol. The summed E-state index contributed by atoms with van der Waals surface area (Å²) in [7, 11) is 0. The molecule has 0 unspecified atom stereocenters. The van der Waals surface area contributed by atoms with Gasteiger partial charge in [-0.1, -0.05) is 78.7 Å². The molecule has 9 nitrogen and oxygen atoms in total. The molecule has 3 aromatic carbocycles. The van der Waals surface area contributed by atoms with Gasteiger partial charge in [-0.25, -0.2) is 14.2 Å². The molecule has 0 aliphatic carbocycles. The molecule has 2 aliphatic rings. The lowest BCUT2D eigenvalue weighted by molar-refractivity contribution is -0.189. The second kappa shape index (κ2) is 14.0. The first-order valence-corrected chi connectivity index (χ1v) is 14.2. The van der Waals surface area contributed by atoms with E-state index >= 15 is 0 Å². The van der Waals surface area contributed by atoms with E-state index in [1.165, 1.54) is 22.0 Å². The van der Waals surface area contributed by atoms with Gasteiger partial charge >= 0.3 is 6.03 Å². The fourth-order valence-corrected chi connectivity index (χ4v) is 5.52. The van der Waals surface area contributed by atoms with Gasteiger partial charge in [0, 0.05) is 19.5 Å². The van der Waals surface area contributed by atoms with Crippen LogP contribution in [0.3, 0.4) is 0 Å². The number of benzene rings is 3. The Hall–Kier alpha value is -4.72. The Kier molecular flexibility index (Phi) is 9.66. The summed E-state index contributed by atoms with van der Waals surface area (Å²) in [5.41, 5.74) is 2.49. The number of fused-ring (bicyclic) bond motifs is 1. The van der Waals surface area contributed by atoms with Gasteiger partial charge in [0.15, 0.2) is 0 Å². The highest BCUT2D eigenvalue weighted by Gasteiger charge is 2.51. The Morgan fingerprint density at radius 3 is 2.37 bits per heavy atom. The Bertz CT molecular complexity index is 1460. The van der Waals surface area contributed by atoms with Crippen molar-refractivity contribution in [1.82, 2.24) is 25.1 Å². The van der Waals surface area contributed by atoms with E-state index in [2.05, 4.69) is 11.2 Å². The van der Waals surface area contributed by atoms with Gasteiger partial charge in [-0.05, 0) is 28.8 Å². The van der Waals surface area contributed by atoms with E-state index in [0.29, 0.717) is 5.56 Å². The number of ether oxygens (including phenoxy) is 1. The number of rotatable bonds is 10. The van der Waals surface area contributed by atoms with Crippen LogP contribution in [-0.4, -0.2) is 82.7 Å². The largest absolute Gasteiger partial charge is 0.375 e. The number of carbonyl (C=O) groups excluding carboxylic acids is 3. The molecule has 2 atom stereocenters. The summed E-state index contributed by atoms with van der Waals surface area (Å²) in [5, 5.41) is 5.99. The van der Waals surface area contributed by atoms with E-state index < -0.39 is 18.2 Å². The number of urea groups is 1. The lowest BCUT2D eigenvalue weighted by Crippen LogP contribution is -2.76. The van der Waals surface area contributed by atoms with Gasteiger partial charge in [0.2, 0.25) is 11.8 Å². The van der Waals surface area contributed by atoms with Gasteiger partial charge in [0.1, 0.15) is 18.0 Å². The van der Waals surface area contributed by atoms with Crippen LogP contribution in [0.25, 0.3) is 0 Å². The Balaban J connectivity index is 1.38. The van der Waals surface area contributed by atoms with E-state index in [9.17, 15) is 18.8 Å². The van der Waals surface area contributed by atoms with Crippen LogP contribution in [0.15, 0.2) is 84.9 Å². The zero-order chi connectivity index (χ0) is 30.2. The third kappa shape index (κ3) is 7.20. The highest BCUT2D eigenvalue weighted by Crippen LogP contribution is 2.28. The number of hydrogen-bond donors (Lipinski definition) is 1. The molecule has 10 heteroatoms. The first-order valence-electron chi connectivity index (χ1n) is 14.2. The first-order chi connectivity index (χ1) is 20.9. The maximum Gasteiger partial charge on any atom is 0.334 e. The SMILES string of the molecule is C#CCN1CC(=O)N2[C@@H](Cc3ccccc3)C(=O)N(CCOCc3cccc(F)c3)C[C@@H]2N1C(=O)NCc1ccccc1. The predicted molar refractivity (Wildman–Crippen MR) is 158 cm³/mol. The number of amides is 4. The minimum atomic E-state index is -0.825. The zero-order valence-electron chi connectivity index (χ0n) is 23.8. The van der Waals surface area contributed by atoms with Gasteiger partial charge < -0.3 is 19.9 Å². The standard InChI is InChI=1S/C33H34FN5O4/c1-2-16-37-23-31(40)38-29(20-25-10-5-3-6-11-25)32(41)36(17-18-43-24-27-14-9-15-28(34)19-27)22-30(38)39(37)33(42)35-21-26-12-7-4-8-13-26/h1,3-15,19,29-30H,16-18,20-24H2,(H,35,42)/t29-,30-/m0/s1. The number of nitrogens with zero attached hydrogens (tertiary/aromatic N) is 4. The highest BCUT2D eigenvalue weighted by atomic mass is 19.1. The molecule has 0 bridgehead atoms. The number of piperazine rings is 1. The van der Waals surface area contributed by atoms with Crippen molar-refractivity contribution in [3.05, 3.63) is 107 Å². The predicted octanol–water partition coefficient (Wildman–Crippen LogP) is 3.03. The third-order valence-electron chi connectivity index (χ3n) is 7.53. The fourth-order valence-electron chi connectivity index (χ4n) is 5.52. The minimum absolute atomic E-state index is 0.0445. The van der Waals surface area contributed by atoms with Crippen LogP contribution in [0.1, 0.15) is 16.7 Å². The molecule has 2 heterocycles. The van der Waals surface area contributed by atoms with E-state index in [1.807, 2.05) is 60.7 Å². The average Bonchev–Trinajstić information content (AvgIpc) is 3.01. The van der Waals surface area contributed by atoms with Crippen LogP contribution in [0.2, 0.25) is 0 Å². The average molecular weight is 584 g/mol. The molecule has 2 aliphatic heterocycles. The molecular weight excluding hydrogens is 549 g/mol. The molecule has 3 aromatic rings.